The normalized spacial score (nSPS) is 23.3. The highest BCUT2D eigenvalue weighted by Gasteiger charge is 2.28. The molecule has 0 bridgehead atoms. The van der Waals surface area contributed by atoms with Gasteiger partial charge in [0.05, 0.1) is 5.92 Å². The Bertz CT molecular complexity index is 356. The van der Waals surface area contributed by atoms with Crippen LogP contribution in [0.5, 0.6) is 0 Å². The SMILES string of the molecule is COCC(=O)N1CCCC(C(=O)NCCN2CCCC2)C1. The van der Waals surface area contributed by atoms with Crippen LogP contribution in [0.4, 0.5) is 0 Å². The zero-order valence-electron chi connectivity index (χ0n) is 13.0. The van der Waals surface area contributed by atoms with Crippen molar-refractivity contribution < 1.29 is 14.3 Å². The van der Waals surface area contributed by atoms with E-state index >= 15 is 0 Å². The van der Waals surface area contributed by atoms with Gasteiger partial charge in [-0.05, 0) is 38.8 Å². The summed E-state index contributed by atoms with van der Waals surface area (Å²) in [6.45, 7) is 5.31. The minimum Gasteiger partial charge on any atom is -0.375 e. The number of carbonyl (C=O) groups excluding carboxylic acids is 2. The highest BCUT2D eigenvalue weighted by molar-refractivity contribution is 5.81. The van der Waals surface area contributed by atoms with Crippen LogP contribution >= 0.6 is 0 Å². The predicted molar refractivity (Wildman–Crippen MR) is 79.9 cm³/mol. The molecule has 6 nitrogen and oxygen atoms in total. The maximum atomic E-state index is 12.2. The van der Waals surface area contributed by atoms with Gasteiger partial charge in [0.1, 0.15) is 6.61 Å². The first-order chi connectivity index (χ1) is 10.2. The van der Waals surface area contributed by atoms with Crippen LogP contribution in [0, 0.1) is 5.92 Å². The summed E-state index contributed by atoms with van der Waals surface area (Å²) in [5.41, 5.74) is 0. The Hall–Kier alpha value is -1.14. The molecule has 2 aliphatic rings. The van der Waals surface area contributed by atoms with E-state index in [1.54, 1.807) is 4.90 Å². The fourth-order valence-electron chi connectivity index (χ4n) is 3.12. The van der Waals surface area contributed by atoms with Crippen LogP contribution in [0.3, 0.4) is 0 Å². The number of likely N-dealkylation sites (tertiary alicyclic amines) is 2. The summed E-state index contributed by atoms with van der Waals surface area (Å²) in [6, 6.07) is 0. The zero-order chi connectivity index (χ0) is 15.1. The molecule has 2 aliphatic heterocycles. The van der Waals surface area contributed by atoms with Crippen molar-refractivity contribution in [3.8, 4) is 0 Å². The van der Waals surface area contributed by atoms with Gasteiger partial charge < -0.3 is 19.9 Å². The largest absolute Gasteiger partial charge is 0.375 e. The van der Waals surface area contributed by atoms with Gasteiger partial charge in [-0.2, -0.15) is 0 Å². The molecule has 0 radical (unpaired) electrons. The van der Waals surface area contributed by atoms with Crippen LogP contribution in [-0.2, 0) is 14.3 Å². The van der Waals surface area contributed by atoms with E-state index in [0.717, 1.165) is 39.0 Å². The summed E-state index contributed by atoms with van der Waals surface area (Å²) >= 11 is 0. The molecular weight excluding hydrogens is 270 g/mol. The van der Waals surface area contributed by atoms with Crippen LogP contribution in [-0.4, -0.2) is 74.6 Å². The van der Waals surface area contributed by atoms with Crippen molar-refractivity contribution in [2.24, 2.45) is 5.92 Å². The third-order valence-electron chi connectivity index (χ3n) is 4.34. The third kappa shape index (κ3) is 4.97. The molecule has 2 heterocycles. The Kier molecular flexibility index (Phi) is 6.45. The fourth-order valence-corrected chi connectivity index (χ4v) is 3.12. The summed E-state index contributed by atoms with van der Waals surface area (Å²) in [4.78, 5) is 28.1. The molecule has 2 fully saturated rings. The van der Waals surface area contributed by atoms with Crippen LogP contribution in [0.25, 0.3) is 0 Å². The Labute approximate surface area is 126 Å². The number of nitrogens with one attached hydrogen (secondary N) is 1. The monoisotopic (exact) mass is 297 g/mol. The van der Waals surface area contributed by atoms with E-state index in [1.807, 2.05) is 0 Å². The first kappa shape index (κ1) is 16.2. The number of piperidine rings is 1. The standard InChI is InChI=1S/C15H27N3O3/c1-21-12-14(19)18-9-4-5-13(11-18)15(20)16-6-10-17-7-2-3-8-17/h13H,2-12H2,1H3,(H,16,20). The van der Waals surface area contributed by atoms with Gasteiger partial charge in [-0.25, -0.2) is 0 Å². The van der Waals surface area contributed by atoms with Crippen molar-refractivity contribution in [3.05, 3.63) is 0 Å². The fraction of sp³-hybridized carbons (Fsp3) is 0.867. The average molecular weight is 297 g/mol. The summed E-state index contributed by atoms with van der Waals surface area (Å²) in [5.74, 6) is -0.00526. The lowest BCUT2D eigenvalue weighted by Crippen LogP contribution is -2.47. The molecule has 2 amide bonds. The van der Waals surface area contributed by atoms with E-state index in [4.69, 9.17) is 4.74 Å². The summed E-state index contributed by atoms with van der Waals surface area (Å²) in [5, 5.41) is 3.02. The number of nitrogens with zero attached hydrogens (tertiary/aromatic N) is 2. The van der Waals surface area contributed by atoms with Gasteiger partial charge in [0.2, 0.25) is 11.8 Å². The number of methoxy groups -OCH3 is 1. The van der Waals surface area contributed by atoms with Crippen LogP contribution in [0.1, 0.15) is 25.7 Å². The van der Waals surface area contributed by atoms with Crippen molar-refractivity contribution in [2.75, 3.05) is 53.0 Å². The van der Waals surface area contributed by atoms with Gasteiger partial charge in [0.15, 0.2) is 0 Å². The minimum absolute atomic E-state index is 0.0212. The van der Waals surface area contributed by atoms with E-state index in [0.29, 0.717) is 13.1 Å². The molecule has 0 saturated carbocycles. The second-order valence-corrected chi connectivity index (χ2v) is 5.95. The number of rotatable bonds is 6. The van der Waals surface area contributed by atoms with E-state index in [2.05, 4.69) is 10.2 Å². The van der Waals surface area contributed by atoms with Crippen molar-refractivity contribution in [1.82, 2.24) is 15.1 Å². The second-order valence-electron chi connectivity index (χ2n) is 5.95. The van der Waals surface area contributed by atoms with Gasteiger partial charge in [-0.15, -0.1) is 0 Å². The quantitative estimate of drug-likeness (QED) is 0.754. The minimum atomic E-state index is -0.0712. The number of amides is 2. The molecule has 2 rings (SSSR count). The van der Waals surface area contributed by atoms with Gasteiger partial charge in [-0.1, -0.05) is 0 Å². The maximum Gasteiger partial charge on any atom is 0.248 e. The third-order valence-corrected chi connectivity index (χ3v) is 4.34. The average Bonchev–Trinajstić information content (AvgIpc) is 3.01. The molecule has 1 unspecified atom stereocenters. The number of carbonyl (C=O) groups is 2. The van der Waals surface area contributed by atoms with E-state index < -0.39 is 0 Å². The van der Waals surface area contributed by atoms with Crippen molar-refractivity contribution in [3.63, 3.8) is 0 Å². The molecule has 0 aromatic heterocycles. The van der Waals surface area contributed by atoms with Crippen molar-refractivity contribution in [1.29, 1.82) is 0 Å². The van der Waals surface area contributed by atoms with Crippen LogP contribution in [0.2, 0.25) is 0 Å². The highest BCUT2D eigenvalue weighted by Crippen LogP contribution is 2.16. The molecular formula is C15H27N3O3. The Balaban J connectivity index is 1.69. The molecule has 0 aromatic rings. The van der Waals surface area contributed by atoms with Gasteiger partial charge in [0.25, 0.3) is 0 Å². The number of hydrogen-bond donors (Lipinski definition) is 1. The van der Waals surface area contributed by atoms with E-state index in [1.165, 1.54) is 20.0 Å². The Morgan fingerprint density at radius 3 is 2.67 bits per heavy atom. The van der Waals surface area contributed by atoms with Crippen molar-refractivity contribution >= 4 is 11.8 Å². The first-order valence-corrected chi connectivity index (χ1v) is 7.97. The molecule has 0 aromatic carbocycles. The Morgan fingerprint density at radius 2 is 1.95 bits per heavy atom. The van der Waals surface area contributed by atoms with Crippen LogP contribution in [0.15, 0.2) is 0 Å². The topological polar surface area (TPSA) is 61.9 Å². The first-order valence-electron chi connectivity index (χ1n) is 7.97. The highest BCUT2D eigenvalue weighted by atomic mass is 16.5. The Morgan fingerprint density at radius 1 is 1.19 bits per heavy atom. The molecule has 1 N–H and O–H groups in total. The molecule has 0 aliphatic carbocycles. The summed E-state index contributed by atoms with van der Waals surface area (Å²) in [7, 11) is 1.52. The zero-order valence-corrected chi connectivity index (χ0v) is 13.0. The maximum absolute atomic E-state index is 12.2. The van der Waals surface area contributed by atoms with Crippen LogP contribution < -0.4 is 5.32 Å². The summed E-state index contributed by atoms with van der Waals surface area (Å²) < 4.78 is 4.88. The van der Waals surface area contributed by atoms with Gasteiger partial charge >= 0.3 is 0 Å². The number of hydrogen-bond acceptors (Lipinski definition) is 4. The lowest BCUT2D eigenvalue weighted by atomic mass is 9.97. The lowest BCUT2D eigenvalue weighted by molar-refractivity contribution is -0.138. The lowest BCUT2D eigenvalue weighted by Gasteiger charge is -2.32. The smallest absolute Gasteiger partial charge is 0.248 e. The second kappa shape index (κ2) is 8.34. The predicted octanol–water partition coefficient (Wildman–Crippen LogP) is 0.0834. The van der Waals surface area contributed by atoms with Crippen molar-refractivity contribution in [2.45, 2.75) is 25.7 Å². The van der Waals surface area contributed by atoms with E-state index in [9.17, 15) is 9.59 Å². The number of ether oxygens (including phenoxy) is 1. The molecule has 0 spiro atoms. The van der Waals surface area contributed by atoms with Gasteiger partial charge in [-0.3, -0.25) is 9.59 Å². The summed E-state index contributed by atoms with van der Waals surface area (Å²) in [6.07, 6.45) is 4.30. The molecule has 21 heavy (non-hydrogen) atoms. The molecule has 6 heteroatoms. The van der Waals surface area contributed by atoms with Gasteiger partial charge in [0, 0.05) is 33.3 Å². The molecule has 120 valence electrons. The van der Waals surface area contributed by atoms with E-state index in [-0.39, 0.29) is 24.3 Å². The molecule has 1 atom stereocenters. The molecule has 2 saturated heterocycles.